The molecule has 0 saturated heterocycles. The number of anilines is 2. The molecule has 0 atom stereocenters. The first-order valence-electron chi connectivity index (χ1n) is 7.27. The van der Waals surface area contributed by atoms with Crippen LogP contribution in [-0.2, 0) is 6.18 Å². The van der Waals surface area contributed by atoms with Crippen LogP contribution in [0, 0.1) is 11.6 Å². The van der Waals surface area contributed by atoms with Crippen molar-refractivity contribution in [2.75, 3.05) is 5.32 Å². The van der Waals surface area contributed by atoms with Gasteiger partial charge in [0.05, 0.1) is 10.0 Å². The lowest BCUT2D eigenvalue weighted by molar-refractivity contribution is -0.137. The Balaban J connectivity index is 1.98. The second kappa shape index (κ2) is 7.40. The molecular formula is C17H8BrClF5N3. The Labute approximate surface area is 163 Å². The predicted octanol–water partition coefficient (Wildman–Crippen LogP) is 6.60. The van der Waals surface area contributed by atoms with Crippen LogP contribution in [0.2, 0.25) is 5.15 Å². The molecule has 0 aliphatic heterocycles. The smallest absolute Gasteiger partial charge is 0.340 e. The molecule has 2 aromatic carbocycles. The number of rotatable bonds is 3. The van der Waals surface area contributed by atoms with Gasteiger partial charge in [-0.2, -0.15) is 13.2 Å². The average molecular weight is 465 g/mol. The van der Waals surface area contributed by atoms with Crippen molar-refractivity contribution >= 4 is 39.0 Å². The van der Waals surface area contributed by atoms with E-state index in [2.05, 4.69) is 31.2 Å². The molecular weight excluding hydrogens is 457 g/mol. The highest BCUT2D eigenvalue weighted by Crippen LogP contribution is 2.32. The maximum atomic E-state index is 13.6. The van der Waals surface area contributed by atoms with Gasteiger partial charge in [0.25, 0.3) is 0 Å². The van der Waals surface area contributed by atoms with Crippen molar-refractivity contribution in [1.29, 1.82) is 0 Å². The van der Waals surface area contributed by atoms with E-state index in [0.29, 0.717) is 0 Å². The molecule has 1 heterocycles. The maximum Gasteiger partial charge on any atom is 0.416 e. The van der Waals surface area contributed by atoms with Crippen LogP contribution in [0.3, 0.4) is 0 Å². The van der Waals surface area contributed by atoms with E-state index in [1.165, 1.54) is 18.2 Å². The minimum absolute atomic E-state index is 0.0398. The molecule has 140 valence electrons. The summed E-state index contributed by atoms with van der Waals surface area (Å²) in [6.07, 6.45) is -4.53. The highest BCUT2D eigenvalue weighted by atomic mass is 79.9. The van der Waals surface area contributed by atoms with Crippen molar-refractivity contribution in [3.05, 3.63) is 69.3 Å². The third-order valence-corrected chi connectivity index (χ3v) is 4.35. The summed E-state index contributed by atoms with van der Waals surface area (Å²) < 4.78 is 65.6. The highest BCUT2D eigenvalue weighted by Gasteiger charge is 2.30. The zero-order chi connectivity index (χ0) is 19.8. The number of aromatic nitrogens is 2. The summed E-state index contributed by atoms with van der Waals surface area (Å²) in [5.74, 6) is -1.69. The molecule has 1 N–H and O–H groups in total. The fraction of sp³-hybridized carbons (Fsp3) is 0.0588. The van der Waals surface area contributed by atoms with E-state index < -0.39 is 23.4 Å². The largest absolute Gasteiger partial charge is 0.416 e. The lowest BCUT2D eigenvalue weighted by atomic mass is 10.1. The number of hydrogen-bond donors (Lipinski definition) is 1. The van der Waals surface area contributed by atoms with Gasteiger partial charge in [0.1, 0.15) is 22.6 Å². The summed E-state index contributed by atoms with van der Waals surface area (Å²) in [6.45, 7) is 0. The van der Waals surface area contributed by atoms with E-state index in [0.717, 1.165) is 24.3 Å². The summed E-state index contributed by atoms with van der Waals surface area (Å²) in [4.78, 5) is 7.98. The SMILES string of the molecule is Fc1cc(Nc2cc(Cl)nc(-c3cccc(C(F)(F)F)c3)n2)cc(F)c1Br. The Morgan fingerprint density at radius 2 is 1.63 bits per heavy atom. The quantitative estimate of drug-likeness (QED) is 0.270. The van der Waals surface area contributed by atoms with Crippen LogP contribution < -0.4 is 5.32 Å². The monoisotopic (exact) mass is 463 g/mol. The van der Waals surface area contributed by atoms with E-state index in [-0.39, 0.29) is 32.5 Å². The van der Waals surface area contributed by atoms with Crippen molar-refractivity contribution in [2.24, 2.45) is 0 Å². The molecule has 0 radical (unpaired) electrons. The fourth-order valence-corrected chi connectivity index (χ4v) is 2.63. The number of benzene rings is 2. The van der Waals surface area contributed by atoms with Crippen LogP contribution in [-0.4, -0.2) is 9.97 Å². The maximum absolute atomic E-state index is 13.6. The zero-order valence-corrected chi connectivity index (χ0v) is 15.4. The molecule has 0 aliphatic rings. The van der Waals surface area contributed by atoms with Gasteiger partial charge in [0.2, 0.25) is 0 Å². The Kier molecular flexibility index (Phi) is 5.34. The van der Waals surface area contributed by atoms with E-state index in [1.807, 2.05) is 0 Å². The normalized spacial score (nSPS) is 11.5. The van der Waals surface area contributed by atoms with Gasteiger partial charge in [-0.15, -0.1) is 0 Å². The average Bonchev–Trinajstić information content (AvgIpc) is 2.58. The second-order valence-electron chi connectivity index (χ2n) is 5.36. The van der Waals surface area contributed by atoms with Crippen LogP contribution in [0.5, 0.6) is 0 Å². The van der Waals surface area contributed by atoms with Crippen LogP contribution in [0.15, 0.2) is 46.9 Å². The van der Waals surface area contributed by atoms with Crippen molar-refractivity contribution < 1.29 is 22.0 Å². The summed E-state index contributed by atoms with van der Waals surface area (Å²) in [7, 11) is 0. The number of alkyl halides is 3. The molecule has 0 amide bonds. The fourth-order valence-electron chi connectivity index (χ4n) is 2.22. The number of nitrogens with one attached hydrogen (secondary N) is 1. The molecule has 0 aliphatic carbocycles. The standard InChI is InChI=1S/C17H8BrClF5N3/c18-15-11(20)5-10(6-12(15)21)25-14-7-13(19)26-16(27-14)8-2-1-3-9(4-8)17(22,23)24/h1-7H,(H,25,26,27). The number of halogens is 7. The van der Waals surface area contributed by atoms with Gasteiger partial charge in [-0.3, -0.25) is 0 Å². The second-order valence-corrected chi connectivity index (χ2v) is 6.54. The molecule has 0 unspecified atom stereocenters. The zero-order valence-electron chi connectivity index (χ0n) is 13.1. The van der Waals surface area contributed by atoms with E-state index in [9.17, 15) is 22.0 Å². The van der Waals surface area contributed by atoms with Gasteiger partial charge in [-0.05, 0) is 40.2 Å². The van der Waals surface area contributed by atoms with Gasteiger partial charge in [0.15, 0.2) is 5.82 Å². The first-order chi connectivity index (χ1) is 12.6. The number of hydrogen-bond acceptors (Lipinski definition) is 3. The van der Waals surface area contributed by atoms with Crippen LogP contribution in [0.1, 0.15) is 5.56 Å². The highest BCUT2D eigenvalue weighted by molar-refractivity contribution is 9.10. The molecule has 0 saturated carbocycles. The first kappa shape index (κ1) is 19.5. The Morgan fingerprint density at radius 1 is 0.963 bits per heavy atom. The Bertz CT molecular complexity index is 987. The molecule has 1 aromatic heterocycles. The molecule has 0 spiro atoms. The van der Waals surface area contributed by atoms with Gasteiger partial charge < -0.3 is 5.32 Å². The van der Waals surface area contributed by atoms with Crippen molar-refractivity contribution in [1.82, 2.24) is 9.97 Å². The predicted molar refractivity (Wildman–Crippen MR) is 94.8 cm³/mol. The lowest BCUT2D eigenvalue weighted by Gasteiger charge is -2.11. The molecule has 3 nitrogen and oxygen atoms in total. The van der Waals surface area contributed by atoms with Gasteiger partial charge in [-0.25, -0.2) is 18.7 Å². The Morgan fingerprint density at radius 3 is 2.26 bits per heavy atom. The lowest BCUT2D eigenvalue weighted by Crippen LogP contribution is -2.05. The van der Waals surface area contributed by atoms with E-state index in [1.54, 1.807) is 0 Å². The molecule has 0 bridgehead atoms. The molecule has 0 fully saturated rings. The summed E-state index contributed by atoms with van der Waals surface area (Å²) >= 11 is 8.67. The van der Waals surface area contributed by atoms with Crippen LogP contribution >= 0.6 is 27.5 Å². The minimum atomic E-state index is -4.53. The van der Waals surface area contributed by atoms with Crippen molar-refractivity contribution in [3.63, 3.8) is 0 Å². The first-order valence-corrected chi connectivity index (χ1v) is 8.44. The summed E-state index contributed by atoms with van der Waals surface area (Å²) in [6, 6.07) is 7.73. The summed E-state index contributed by atoms with van der Waals surface area (Å²) in [5.41, 5.74) is -0.739. The molecule has 3 rings (SSSR count). The third kappa shape index (κ3) is 4.54. The topological polar surface area (TPSA) is 37.8 Å². The van der Waals surface area contributed by atoms with Gasteiger partial charge in [-0.1, -0.05) is 23.7 Å². The van der Waals surface area contributed by atoms with Crippen molar-refractivity contribution in [3.8, 4) is 11.4 Å². The molecule has 10 heteroatoms. The van der Waals surface area contributed by atoms with E-state index >= 15 is 0 Å². The van der Waals surface area contributed by atoms with Gasteiger partial charge in [0, 0.05) is 17.3 Å². The van der Waals surface area contributed by atoms with Crippen LogP contribution in [0.25, 0.3) is 11.4 Å². The summed E-state index contributed by atoms with van der Waals surface area (Å²) in [5, 5.41) is 2.59. The van der Waals surface area contributed by atoms with E-state index in [4.69, 9.17) is 11.6 Å². The molecule has 3 aromatic rings. The Hall–Kier alpha value is -2.26. The van der Waals surface area contributed by atoms with Crippen molar-refractivity contribution in [2.45, 2.75) is 6.18 Å². The third-order valence-electron chi connectivity index (χ3n) is 3.40. The molecule has 27 heavy (non-hydrogen) atoms. The number of nitrogens with zero attached hydrogens (tertiary/aromatic N) is 2. The van der Waals surface area contributed by atoms with Gasteiger partial charge >= 0.3 is 6.18 Å². The minimum Gasteiger partial charge on any atom is -0.340 e. The van der Waals surface area contributed by atoms with Crippen LogP contribution in [0.4, 0.5) is 33.5 Å².